The first-order valence-electron chi connectivity index (χ1n) is 9.95. The molecule has 0 bridgehead atoms. The highest BCUT2D eigenvalue weighted by Crippen LogP contribution is 2.41. The lowest BCUT2D eigenvalue weighted by Crippen LogP contribution is -2.17. The van der Waals surface area contributed by atoms with E-state index in [-0.39, 0.29) is 0 Å². The molecule has 2 aliphatic rings. The molecule has 0 amide bonds. The highest BCUT2D eigenvalue weighted by molar-refractivity contribution is 8.35. The summed E-state index contributed by atoms with van der Waals surface area (Å²) in [6.45, 7) is 4.64. The second-order valence-corrected chi connectivity index (χ2v) is 11.7. The lowest BCUT2D eigenvalue weighted by atomic mass is 9.93. The molecule has 3 aromatic carbocycles. The smallest absolute Gasteiger partial charge is 0.0571 e. The zero-order valence-corrected chi connectivity index (χ0v) is 19.7. The summed E-state index contributed by atoms with van der Waals surface area (Å²) in [5, 5.41) is 17.1. The minimum Gasteiger partial charge on any atom is -0.0895 e. The van der Waals surface area contributed by atoms with Crippen molar-refractivity contribution in [3.63, 3.8) is 0 Å². The lowest BCUT2D eigenvalue weighted by Gasteiger charge is -2.14. The Labute approximate surface area is 189 Å². The van der Waals surface area contributed by atoms with Crippen LogP contribution in [0.2, 0.25) is 0 Å². The SMILES string of the molecule is CCC(C)Cc1ccc2c(=C3SC=CS3)c3ccccc3c(=C3SC=CS3)c2c1. The molecule has 0 N–H and O–H groups in total. The highest BCUT2D eigenvalue weighted by Gasteiger charge is 2.16. The van der Waals surface area contributed by atoms with Crippen LogP contribution < -0.4 is 10.4 Å². The number of benzene rings is 3. The summed E-state index contributed by atoms with van der Waals surface area (Å²) < 4.78 is 2.79. The summed E-state index contributed by atoms with van der Waals surface area (Å²) in [6.07, 6.45) is 2.36. The average Bonchev–Trinajstić information content (AvgIpc) is 3.46. The van der Waals surface area contributed by atoms with Crippen molar-refractivity contribution in [3.8, 4) is 0 Å². The van der Waals surface area contributed by atoms with Crippen LogP contribution in [0.4, 0.5) is 0 Å². The van der Waals surface area contributed by atoms with Gasteiger partial charge in [0, 0.05) is 10.4 Å². The third-order valence-corrected chi connectivity index (χ3v) is 9.85. The summed E-state index contributed by atoms with van der Waals surface area (Å²) in [6, 6.07) is 16.2. The zero-order chi connectivity index (χ0) is 19.8. The van der Waals surface area contributed by atoms with Crippen LogP contribution in [-0.4, -0.2) is 0 Å². The predicted molar refractivity (Wildman–Crippen MR) is 139 cm³/mol. The van der Waals surface area contributed by atoms with Crippen LogP contribution in [0.25, 0.3) is 30.0 Å². The molecule has 1 atom stereocenters. The van der Waals surface area contributed by atoms with Crippen LogP contribution in [0.5, 0.6) is 0 Å². The summed E-state index contributed by atoms with van der Waals surface area (Å²) in [7, 11) is 0. The van der Waals surface area contributed by atoms with Gasteiger partial charge in [-0.3, -0.25) is 0 Å². The number of hydrogen-bond acceptors (Lipinski definition) is 4. The quantitative estimate of drug-likeness (QED) is 0.376. The third kappa shape index (κ3) is 3.69. The molecule has 0 saturated heterocycles. The number of fused-ring (bicyclic) bond motifs is 2. The van der Waals surface area contributed by atoms with Gasteiger partial charge in [-0.2, -0.15) is 0 Å². The average molecular weight is 451 g/mol. The first-order valence-corrected chi connectivity index (χ1v) is 13.5. The number of hydrogen-bond donors (Lipinski definition) is 0. The van der Waals surface area contributed by atoms with Crippen LogP contribution in [0.1, 0.15) is 25.8 Å². The van der Waals surface area contributed by atoms with Crippen molar-refractivity contribution in [3.05, 3.63) is 80.1 Å². The van der Waals surface area contributed by atoms with Crippen LogP contribution in [0, 0.1) is 5.92 Å². The fourth-order valence-electron chi connectivity index (χ4n) is 3.99. The molecule has 4 heteroatoms. The van der Waals surface area contributed by atoms with Gasteiger partial charge in [0.1, 0.15) is 0 Å². The van der Waals surface area contributed by atoms with E-state index < -0.39 is 0 Å². The third-order valence-electron chi connectivity index (χ3n) is 5.59. The van der Waals surface area contributed by atoms with Crippen molar-refractivity contribution < 1.29 is 0 Å². The summed E-state index contributed by atoms with van der Waals surface area (Å²) >= 11 is 7.42. The summed E-state index contributed by atoms with van der Waals surface area (Å²) in [5.41, 5.74) is 1.45. The van der Waals surface area contributed by atoms with Gasteiger partial charge in [0.2, 0.25) is 0 Å². The van der Waals surface area contributed by atoms with Gasteiger partial charge >= 0.3 is 0 Å². The first-order chi connectivity index (χ1) is 14.3. The van der Waals surface area contributed by atoms with Crippen molar-refractivity contribution in [2.24, 2.45) is 5.92 Å². The molecule has 146 valence electrons. The largest absolute Gasteiger partial charge is 0.0895 e. The maximum absolute atomic E-state index is 2.47. The molecule has 0 spiro atoms. The summed E-state index contributed by atoms with van der Waals surface area (Å²) in [4.78, 5) is 0. The molecular weight excluding hydrogens is 429 g/mol. The number of thioether (sulfide) groups is 4. The molecule has 0 nitrogen and oxygen atoms in total. The van der Waals surface area contributed by atoms with E-state index in [2.05, 4.69) is 77.9 Å². The normalized spacial score (nSPS) is 17.2. The van der Waals surface area contributed by atoms with Crippen molar-refractivity contribution in [2.75, 3.05) is 0 Å². The highest BCUT2D eigenvalue weighted by atomic mass is 32.2. The van der Waals surface area contributed by atoms with Gasteiger partial charge in [-0.05, 0) is 61.1 Å². The molecule has 0 aliphatic carbocycles. The molecule has 0 radical (unpaired) electrons. The summed E-state index contributed by atoms with van der Waals surface area (Å²) in [5.74, 6) is 0.708. The van der Waals surface area contributed by atoms with Gasteiger partial charge in [0.05, 0.1) is 8.47 Å². The van der Waals surface area contributed by atoms with Crippen LogP contribution in [0.3, 0.4) is 0 Å². The minimum atomic E-state index is 0.708. The molecule has 0 fully saturated rings. The molecule has 5 rings (SSSR count). The fourth-order valence-corrected chi connectivity index (χ4v) is 7.83. The maximum atomic E-state index is 2.47. The van der Waals surface area contributed by atoms with E-state index in [4.69, 9.17) is 0 Å². The second-order valence-electron chi connectivity index (χ2n) is 7.48. The van der Waals surface area contributed by atoms with Crippen LogP contribution >= 0.6 is 47.0 Å². The van der Waals surface area contributed by atoms with E-state index in [1.54, 1.807) is 0 Å². The molecule has 0 aromatic heterocycles. The maximum Gasteiger partial charge on any atom is 0.0571 e. The van der Waals surface area contributed by atoms with E-state index >= 15 is 0 Å². The van der Waals surface area contributed by atoms with Gasteiger partial charge in [-0.25, -0.2) is 0 Å². The standard InChI is InChI=1S/C25H22S4/c1-3-16(2)14-17-8-9-20-21(15-17)23(25-28-12-13-29-25)19-7-5-4-6-18(19)22(20)24-26-10-11-27-24/h4-13,15-16H,3,14H2,1-2H3. The van der Waals surface area contributed by atoms with E-state index in [0.29, 0.717) is 5.92 Å². The Morgan fingerprint density at radius 1 is 0.690 bits per heavy atom. The van der Waals surface area contributed by atoms with Crippen molar-refractivity contribution in [1.29, 1.82) is 0 Å². The molecule has 3 aromatic rings. The Kier molecular flexibility index (Phi) is 5.79. The van der Waals surface area contributed by atoms with E-state index in [1.807, 2.05) is 47.0 Å². The molecule has 2 heterocycles. The van der Waals surface area contributed by atoms with Gasteiger partial charge in [0.25, 0.3) is 0 Å². The topological polar surface area (TPSA) is 0 Å². The predicted octanol–water partition coefficient (Wildman–Crippen LogP) is 7.62. The van der Waals surface area contributed by atoms with Gasteiger partial charge in [-0.15, -0.1) is 0 Å². The van der Waals surface area contributed by atoms with Crippen molar-refractivity contribution >= 4 is 77.1 Å². The molecule has 0 saturated carbocycles. The molecular formula is C25H22S4. The van der Waals surface area contributed by atoms with Crippen molar-refractivity contribution in [2.45, 2.75) is 26.7 Å². The Bertz CT molecular complexity index is 1260. The van der Waals surface area contributed by atoms with Gasteiger partial charge < -0.3 is 0 Å². The first kappa shape index (κ1) is 19.7. The molecule has 1 unspecified atom stereocenters. The number of rotatable bonds is 3. The Morgan fingerprint density at radius 3 is 1.76 bits per heavy atom. The minimum absolute atomic E-state index is 0.708. The van der Waals surface area contributed by atoms with E-state index in [9.17, 15) is 0 Å². The Hall–Kier alpha value is -1.20. The van der Waals surface area contributed by atoms with Crippen LogP contribution in [0.15, 0.2) is 64.1 Å². The molecule has 2 aliphatic heterocycles. The lowest BCUT2D eigenvalue weighted by molar-refractivity contribution is 0.560. The van der Waals surface area contributed by atoms with E-state index in [0.717, 1.165) is 6.42 Å². The Balaban J connectivity index is 1.95. The fraction of sp³-hybridized carbons (Fsp3) is 0.200. The van der Waals surface area contributed by atoms with Gasteiger partial charge in [-0.1, -0.05) is 110 Å². The van der Waals surface area contributed by atoms with E-state index in [1.165, 1.54) is 52.4 Å². The van der Waals surface area contributed by atoms with Gasteiger partial charge in [0.15, 0.2) is 0 Å². The monoisotopic (exact) mass is 450 g/mol. The zero-order valence-electron chi connectivity index (χ0n) is 16.5. The Morgan fingerprint density at radius 2 is 1.21 bits per heavy atom. The second kappa shape index (κ2) is 8.50. The van der Waals surface area contributed by atoms with Crippen molar-refractivity contribution in [1.82, 2.24) is 0 Å². The molecule has 29 heavy (non-hydrogen) atoms. The van der Waals surface area contributed by atoms with Crippen LogP contribution in [-0.2, 0) is 6.42 Å².